The highest BCUT2D eigenvalue weighted by Gasteiger charge is 2.44. The van der Waals surface area contributed by atoms with E-state index in [0.29, 0.717) is 24.1 Å². The molecule has 1 aliphatic heterocycles. The highest BCUT2D eigenvalue weighted by atomic mass is 16.8. The first kappa shape index (κ1) is 20.6. The molecule has 0 bridgehead atoms. The van der Waals surface area contributed by atoms with E-state index in [1.165, 1.54) is 0 Å². The van der Waals surface area contributed by atoms with Crippen LogP contribution in [0.4, 0.5) is 0 Å². The van der Waals surface area contributed by atoms with Crippen molar-refractivity contribution in [2.24, 2.45) is 11.8 Å². The second kappa shape index (κ2) is 9.34. The van der Waals surface area contributed by atoms with E-state index in [-0.39, 0.29) is 20.0 Å². The predicted octanol–water partition coefficient (Wildman–Crippen LogP) is -2.41. The molecule has 27 heavy (non-hydrogen) atoms. The largest absolute Gasteiger partial charge is 0.396 e. The Bertz CT molecular complexity index is 584. The molecule has 1 saturated heterocycles. The van der Waals surface area contributed by atoms with E-state index in [2.05, 4.69) is 10.3 Å². The van der Waals surface area contributed by atoms with Crippen molar-refractivity contribution in [2.75, 3.05) is 20.0 Å². The Hall–Kier alpha value is -1.18. The lowest BCUT2D eigenvalue weighted by Crippen LogP contribution is -2.59. The van der Waals surface area contributed by atoms with Gasteiger partial charge in [-0.15, -0.1) is 5.10 Å². The van der Waals surface area contributed by atoms with Crippen molar-refractivity contribution in [3.8, 4) is 0 Å². The van der Waals surface area contributed by atoms with Crippen molar-refractivity contribution < 1.29 is 39.7 Å². The van der Waals surface area contributed by atoms with E-state index >= 15 is 0 Å². The van der Waals surface area contributed by atoms with Crippen LogP contribution in [0.3, 0.4) is 0 Å². The summed E-state index contributed by atoms with van der Waals surface area (Å²) in [4.78, 5) is 0. The van der Waals surface area contributed by atoms with Crippen LogP contribution in [0, 0.1) is 11.8 Å². The molecule has 1 aromatic rings. The Morgan fingerprint density at radius 2 is 1.85 bits per heavy atom. The molecule has 154 valence electrons. The highest BCUT2D eigenvalue weighted by Crippen LogP contribution is 2.34. The van der Waals surface area contributed by atoms with Crippen LogP contribution in [0.1, 0.15) is 18.5 Å². The van der Waals surface area contributed by atoms with Crippen LogP contribution in [0.5, 0.6) is 0 Å². The lowest BCUT2D eigenvalue weighted by atomic mass is 9.74. The molecule has 2 heterocycles. The summed E-state index contributed by atoms with van der Waals surface area (Å²) in [6.07, 6.45) is -2.76. The summed E-state index contributed by atoms with van der Waals surface area (Å²) in [5.41, 5.74) is 0.604. The molecule has 1 aliphatic carbocycles. The zero-order valence-corrected chi connectivity index (χ0v) is 14.9. The minimum atomic E-state index is -1.49. The van der Waals surface area contributed by atoms with Gasteiger partial charge >= 0.3 is 0 Å². The van der Waals surface area contributed by atoms with Crippen LogP contribution in [0.15, 0.2) is 6.20 Å². The third-order valence-corrected chi connectivity index (χ3v) is 5.23. The minimum absolute atomic E-state index is 0.130. The topological polar surface area (TPSA) is 160 Å². The summed E-state index contributed by atoms with van der Waals surface area (Å²) >= 11 is 0. The number of rotatable bonds is 9. The molecule has 2 aliphatic rings. The smallest absolute Gasteiger partial charge is 0.189 e. The average molecular weight is 389 g/mol. The van der Waals surface area contributed by atoms with E-state index in [1.54, 1.807) is 10.9 Å². The summed E-state index contributed by atoms with van der Waals surface area (Å²) in [7, 11) is 0. The molecule has 1 saturated carbocycles. The van der Waals surface area contributed by atoms with Crippen molar-refractivity contribution in [3.63, 3.8) is 0 Å². The number of hydrogen-bond acceptors (Lipinski definition) is 10. The van der Waals surface area contributed by atoms with Crippen molar-refractivity contribution in [1.29, 1.82) is 0 Å². The minimum Gasteiger partial charge on any atom is -0.396 e. The number of aliphatic hydroxyl groups is 5. The number of nitrogens with zero attached hydrogens (tertiary/aromatic N) is 3. The second-order valence-electron chi connectivity index (χ2n) is 7.04. The zero-order valence-electron chi connectivity index (χ0n) is 14.9. The summed E-state index contributed by atoms with van der Waals surface area (Å²) in [5, 5.41) is 55.6. The van der Waals surface area contributed by atoms with Crippen LogP contribution in [0.2, 0.25) is 0 Å². The van der Waals surface area contributed by atoms with Gasteiger partial charge in [-0.25, -0.2) is 0 Å². The molecule has 0 amide bonds. The Morgan fingerprint density at radius 3 is 2.52 bits per heavy atom. The zero-order chi connectivity index (χ0) is 19.4. The lowest BCUT2D eigenvalue weighted by Gasteiger charge is -2.39. The molecule has 3 rings (SSSR count). The number of ether oxygens (including phenoxy) is 3. The van der Waals surface area contributed by atoms with Gasteiger partial charge in [-0.1, -0.05) is 5.21 Å². The fourth-order valence-corrected chi connectivity index (χ4v) is 3.32. The summed E-state index contributed by atoms with van der Waals surface area (Å²) in [5.74, 6) is 0.751. The van der Waals surface area contributed by atoms with Gasteiger partial charge in [-0.2, -0.15) is 0 Å². The first-order valence-corrected chi connectivity index (χ1v) is 9.03. The molecule has 5 N–H and O–H groups in total. The Balaban J connectivity index is 1.39. The van der Waals surface area contributed by atoms with Gasteiger partial charge in [0.15, 0.2) is 13.1 Å². The van der Waals surface area contributed by atoms with Gasteiger partial charge in [0.05, 0.1) is 19.4 Å². The normalized spacial score (nSPS) is 36.6. The SMILES string of the molecule is OCC1CCC1Cn1cc(COCOC2OC(CO)C(O)C(O)C2O)nn1. The Labute approximate surface area is 156 Å². The quantitative estimate of drug-likeness (QED) is 0.227. The maximum Gasteiger partial charge on any atom is 0.189 e. The van der Waals surface area contributed by atoms with Crippen LogP contribution in [-0.2, 0) is 27.4 Å². The van der Waals surface area contributed by atoms with Gasteiger partial charge in [0.1, 0.15) is 30.1 Å². The molecule has 11 heteroatoms. The van der Waals surface area contributed by atoms with Crippen molar-refractivity contribution in [3.05, 3.63) is 11.9 Å². The van der Waals surface area contributed by atoms with E-state index < -0.39 is 37.3 Å². The lowest BCUT2D eigenvalue weighted by molar-refractivity contribution is -0.317. The highest BCUT2D eigenvalue weighted by molar-refractivity contribution is 4.91. The number of aromatic nitrogens is 3. The van der Waals surface area contributed by atoms with Gasteiger partial charge in [-0.3, -0.25) is 4.68 Å². The molecule has 11 nitrogen and oxygen atoms in total. The van der Waals surface area contributed by atoms with E-state index in [4.69, 9.17) is 19.3 Å². The van der Waals surface area contributed by atoms with Gasteiger partial charge in [0.25, 0.3) is 0 Å². The van der Waals surface area contributed by atoms with Crippen molar-refractivity contribution in [2.45, 2.75) is 56.7 Å². The molecular formula is C16H27N3O8. The Kier molecular flexibility index (Phi) is 7.11. The van der Waals surface area contributed by atoms with Gasteiger partial charge < -0.3 is 39.7 Å². The molecule has 2 fully saturated rings. The second-order valence-corrected chi connectivity index (χ2v) is 7.04. The molecular weight excluding hydrogens is 362 g/mol. The number of hydrogen-bond donors (Lipinski definition) is 5. The summed E-state index contributed by atoms with van der Waals surface area (Å²) in [6, 6.07) is 0. The van der Waals surface area contributed by atoms with E-state index in [9.17, 15) is 20.4 Å². The Morgan fingerprint density at radius 1 is 1.07 bits per heavy atom. The number of aliphatic hydroxyl groups excluding tert-OH is 5. The van der Waals surface area contributed by atoms with Crippen molar-refractivity contribution >= 4 is 0 Å². The van der Waals surface area contributed by atoms with Gasteiger partial charge in [-0.05, 0) is 24.7 Å². The van der Waals surface area contributed by atoms with Crippen LogP contribution in [0.25, 0.3) is 0 Å². The van der Waals surface area contributed by atoms with Crippen LogP contribution in [-0.4, -0.2) is 91.2 Å². The molecule has 7 atom stereocenters. The fourth-order valence-electron chi connectivity index (χ4n) is 3.32. The molecule has 0 aromatic carbocycles. The third-order valence-electron chi connectivity index (χ3n) is 5.23. The molecule has 0 radical (unpaired) electrons. The first-order valence-electron chi connectivity index (χ1n) is 9.03. The van der Waals surface area contributed by atoms with Gasteiger partial charge in [0, 0.05) is 13.2 Å². The van der Waals surface area contributed by atoms with Gasteiger partial charge in [0.2, 0.25) is 0 Å². The standard InChI is InChI=1S/C16H27N3O8/c20-5-10-2-1-9(10)3-19-4-11(17-18-19)7-25-8-26-16-15(24)14(23)13(22)12(6-21)27-16/h4,9-10,12-16,20-24H,1-3,5-8H2. The fraction of sp³-hybridized carbons (Fsp3) is 0.875. The summed E-state index contributed by atoms with van der Waals surface area (Å²) in [6.45, 7) is 0.271. The molecule has 0 spiro atoms. The van der Waals surface area contributed by atoms with Crippen LogP contribution < -0.4 is 0 Å². The molecule has 7 unspecified atom stereocenters. The predicted molar refractivity (Wildman–Crippen MR) is 87.8 cm³/mol. The third kappa shape index (κ3) is 4.81. The summed E-state index contributed by atoms with van der Waals surface area (Å²) < 4.78 is 17.5. The van der Waals surface area contributed by atoms with E-state index in [0.717, 1.165) is 12.8 Å². The van der Waals surface area contributed by atoms with Crippen LogP contribution >= 0.6 is 0 Å². The maximum absolute atomic E-state index is 9.85. The maximum atomic E-state index is 9.85. The molecule has 1 aromatic heterocycles. The monoisotopic (exact) mass is 389 g/mol. The van der Waals surface area contributed by atoms with E-state index in [1.807, 2.05) is 0 Å². The van der Waals surface area contributed by atoms with Crippen molar-refractivity contribution in [1.82, 2.24) is 15.0 Å². The average Bonchev–Trinajstić information content (AvgIpc) is 3.10. The first-order chi connectivity index (χ1) is 13.0.